The van der Waals surface area contributed by atoms with E-state index < -0.39 is 14.4 Å². The van der Waals surface area contributed by atoms with Crippen LogP contribution in [0.25, 0.3) is 0 Å². The maximum atomic E-state index is 10.4. The summed E-state index contributed by atoms with van der Waals surface area (Å²) in [5, 5.41) is 22.4. The topological polar surface area (TPSA) is 58.9 Å². The van der Waals surface area contributed by atoms with E-state index in [1.165, 1.54) is 81.0 Å². The smallest absolute Gasteiger partial charge is 0.261 e. The van der Waals surface area contributed by atoms with Gasteiger partial charge in [-0.25, -0.2) is 0 Å². The zero-order chi connectivity index (χ0) is 30.3. The molecular weight excluding hydrogens is 536 g/mol. The van der Waals surface area contributed by atoms with Gasteiger partial charge in [-0.2, -0.15) is 0 Å². The van der Waals surface area contributed by atoms with Crippen molar-refractivity contribution in [2.75, 3.05) is 6.61 Å². The standard InChI is InChI=1S/C37H60O4Si/c1-5-6-7-8-9-10-11-12-13-14-15-22-27-36(35-29-28-34(40-35)33(39)30-38)41-42(37(2,3)4,31-23-18-16-19-24-31)32-25-20-17-21-26-32/h16-21,23-26,33-36,38-39H,5-15,22,27-30H2,1-4H3/t33-,34+,35+,36+/m0/s1. The SMILES string of the molecule is CCCCCCCCCCCCCC[C@@H](O[Si](c1ccccc1)(c1ccccc1)C(C)(C)C)[C@H]1CC[C@H]([C@@H](O)CO)O1. The molecule has 0 spiro atoms. The molecule has 0 aliphatic carbocycles. The molecule has 236 valence electrons. The van der Waals surface area contributed by atoms with E-state index >= 15 is 0 Å². The van der Waals surface area contributed by atoms with Crippen LogP contribution >= 0.6 is 0 Å². The average molecular weight is 597 g/mol. The van der Waals surface area contributed by atoms with Gasteiger partial charge in [0.05, 0.1) is 24.9 Å². The van der Waals surface area contributed by atoms with E-state index in [0.717, 1.165) is 25.7 Å². The van der Waals surface area contributed by atoms with Gasteiger partial charge in [-0.05, 0) is 34.7 Å². The molecule has 0 aromatic heterocycles. The fourth-order valence-corrected chi connectivity index (χ4v) is 11.5. The molecule has 0 unspecified atom stereocenters. The third-order valence-corrected chi connectivity index (χ3v) is 14.3. The van der Waals surface area contributed by atoms with Crippen molar-refractivity contribution in [3.05, 3.63) is 60.7 Å². The normalized spacial score (nSPS) is 19.2. The number of ether oxygens (including phenoxy) is 1. The first kappa shape index (κ1) is 35.0. The van der Waals surface area contributed by atoms with Crippen LogP contribution in [0.2, 0.25) is 5.04 Å². The maximum absolute atomic E-state index is 10.4. The Morgan fingerprint density at radius 3 is 1.64 bits per heavy atom. The number of rotatable bonds is 20. The van der Waals surface area contributed by atoms with Gasteiger partial charge in [-0.3, -0.25) is 0 Å². The highest BCUT2D eigenvalue weighted by Gasteiger charge is 2.52. The van der Waals surface area contributed by atoms with Crippen LogP contribution in [-0.4, -0.2) is 49.6 Å². The molecule has 2 aromatic rings. The molecule has 5 heteroatoms. The van der Waals surface area contributed by atoms with Crippen LogP contribution in [-0.2, 0) is 9.16 Å². The third kappa shape index (κ3) is 10.0. The van der Waals surface area contributed by atoms with Crippen LogP contribution in [0.4, 0.5) is 0 Å². The van der Waals surface area contributed by atoms with Crippen LogP contribution in [0, 0.1) is 0 Å². The minimum absolute atomic E-state index is 0.0599. The van der Waals surface area contributed by atoms with Crippen molar-refractivity contribution in [1.82, 2.24) is 0 Å². The highest BCUT2D eigenvalue weighted by atomic mass is 28.4. The van der Waals surface area contributed by atoms with Crippen molar-refractivity contribution in [3.63, 3.8) is 0 Å². The molecule has 42 heavy (non-hydrogen) atoms. The van der Waals surface area contributed by atoms with Crippen molar-refractivity contribution < 1.29 is 19.4 Å². The van der Waals surface area contributed by atoms with Crippen LogP contribution in [0.1, 0.15) is 124 Å². The molecule has 0 radical (unpaired) electrons. The molecule has 3 rings (SSSR count). The van der Waals surface area contributed by atoms with Crippen molar-refractivity contribution in [3.8, 4) is 0 Å². The van der Waals surface area contributed by atoms with E-state index in [9.17, 15) is 10.2 Å². The number of hydrogen-bond donors (Lipinski definition) is 2. The summed E-state index contributed by atoms with van der Waals surface area (Å²) >= 11 is 0. The van der Waals surface area contributed by atoms with Gasteiger partial charge in [0.15, 0.2) is 0 Å². The molecule has 1 saturated heterocycles. The predicted molar refractivity (Wildman–Crippen MR) is 179 cm³/mol. The Bertz CT molecular complexity index is 921. The van der Waals surface area contributed by atoms with E-state index in [1.807, 2.05) is 0 Å². The fraction of sp³-hybridized carbons (Fsp3) is 0.676. The highest BCUT2D eigenvalue weighted by molar-refractivity contribution is 6.99. The average Bonchev–Trinajstić information content (AvgIpc) is 3.49. The minimum atomic E-state index is -2.73. The Kier molecular flexibility index (Phi) is 15.3. The number of aliphatic hydroxyl groups is 2. The first-order valence-electron chi connectivity index (χ1n) is 17.1. The molecule has 4 atom stereocenters. The van der Waals surface area contributed by atoms with Crippen molar-refractivity contribution in [2.24, 2.45) is 0 Å². The predicted octanol–water partition coefficient (Wildman–Crippen LogP) is 7.92. The number of hydrogen-bond acceptors (Lipinski definition) is 4. The second-order valence-corrected chi connectivity index (χ2v) is 17.8. The second-order valence-electron chi connectivity index (χ2n) is 13.5. The van der Waals surface area contributed by atoms with Gasteiger partial charge in [0.2, 0.25) is 0 Å². The molecule has 0 bridgehead atoms. The molecule has 0 amide bonds. The summed E-state index contributed by atoms with van der Waals surface area (Å²) < 4.78 is 14.0. The molecule has 2 aromatic carbocycles. The van der Waals surface area contributed by atoms with Crippen LogP contribution in [0.5, 0.6) is 0 Å². The first-order chi connectivity index (χ1) is 20.3. The van der Waals surface area contributed by atoms with Crippen molar-refractivity contribution in [1.29, 1.82) is 0 Å². The highest BCUT2D eigenvalue weighted by Crippen LogP contribution is 2.40. The van der Waals surface area contributed by atoms with E-state index in [0.29, 0.717) is 0 Å². The second kappa shape index (κ2) is 18.3. The zero-order valence-electron chi connectivity index (χ0n) is 27.1. The third-order valence-electron chi connectivity index (χ3n) is 9.20. The molecule has 1 aliphatic heterocycles. The van der Waals surface area contributed by atoms with Gasteiger partial charge in [0.1, 0.15) is 6.10 Å². The van der Waals surface area contributed by atoms with Crippen LogP contribution in [0.3, 0.4) is 0 Å². The van der Waals surface area contributed by atoms with E-state index in [2.05, 4.69) is 88.4 Å². The molecule has 1 heterocycles. The largest absolute Gasteiger partial charge is 0.402 e. The number of aliphatic hydroxyl groups excluding tert-OH is 2. The quantitative estimate of drug-likeness (QED) is 0.120. The van der Waals surface area contributed by atoms with E-state index in [4.69, 9.17) is 9.16 Å². The van der Waals surface area contributed by atoms with E-state index in [-0.39, 0.29) is 30.0 Å². The summed E-state index contributed by atoms with van der Waals surface area (Å²) in [6, 6.07) is 21.7. The molecular formula is C37H60O4Si. The minimum Gasteiger partial charge on any atom is -0.402 e. The number of unbranched alkanes of at least 4 members (excludes halogenated alkanes) is 11. The summed E-state index contributed by atoms with van der Waals surface area (Å²) in [5.41, 5.74) is 0. The van der Waals surface area contributed by atoms with Gasteiger partial charge >= 0.3 is 0 Å². The summed E-state index contributed by atoms with van der Waals surface area (Å²) in [6.07, 6.45) is 17.2. The molecule has 1 aliphatic rings. The van der Waals surface area contributed by atoms with Crippen molar-refractivity contribution >= 4 is 18.7 Å². The number of benzene rings is 2. The Morgan fingerprint density at radius 1 is 0.738 bits per heavy atom. The summed E-state index contributed by atoms with van der Waals surface area (Å²) in [5.74, 6) is 0. The lowest BCUT2D eigenvalue weighted by Crippen LogP contribution is -2.68. The maximum Gasteiger partial charge on any atom is 0.261 e. The lowest BCUT2D eigenvalue weighted by molar-refractivity contribution is -0.0837. The first-order valence-corrected chi connectivity index (χ1v) is 19.0. The molecule has 4 nitrogen and oxygen atoms in total. The summed E-state index contributed by atoms with van der Waals surface area (Å²) in [6.45, 7) is 9.00. The van der Waals surface area contributed by atoms with Gasteiger partial charge in [0.25, 0.3) is 8.32 Å². The Hall–Kier alpha value is -1.50. The molecule has 0 saturated carbocycles. The van der Waals surface area contributed by atoms with Gasteiger partial charge in [-0.1, -0.05) is 165 Å². The Balaban J connectivity index is 1.71. The summed E-state index contributed by atoms with van der Waals surface area (Å²) in [7, 11) is -2.73. The van der Waals surface area contributed by atoms with Crippen LogP contribution < -0.4 is 10.4 Å². The summed E-state index contributed by atoms with van der Waals surface area (Å²) in [4.78, 5) is 0. The van der Waals surface area contributed by atoms with Gasteiger partial charge < -0.3 is 19.4 Å². The monoisotopic (exact) mass is 596 g/mol. The Morgan fingerprint density at radius 2 is 1.19 bits per heavy atom. The van der Waals surface area contributed by atoms with Gasteiger partial charge in [0, 0.05) is 0 Å². The Labute approximate surface area is 258 Å². The fourth-order valence-electron chi connectivity index (χ4n) is 6.79. The molecule has 1 fully saturated rings. The lowest BCUT2D eigenvalue weighted by Gasteiger charge is -2.46. The zero-order valence-corrected chi connectivity index (χ0v) is 28.1. The molecule has 2 N–H and O–H groups in total. The lowest BCUT2D eigenvalue weighted by atomic mass is 10.0. The van der Waals surface area contributed by atoms with Crippen LogP contribution in [0.15, 0.2) is 60.7 Å². The van der Waals surface area contributed by atoms with Crippen molar-refractivity contribution in [2.45, 2.75) is 153 Å². The van der Waals surface area contributed by atoms with Gasteiger partial charge in [-0.15, -0.1) is 0 Å². The van der Waals surface area contributed by atoms with E-state index in [1.54, 1.807) is 0 Å².